The van der Waals surface area contributed by atoms with Gasteiger partial charge in [-0.05, 0) is 25.3 Å². The fourth-order valence-electron chi connectivity index (χ4n) is 2.56. The molecule has 1 saturated carbocycles. The molecule has 1 heterocycles. The smallest absolute Gasteiger partial charge is 0.154 e. The zero-order valence-corrected chi connectivity index (χ0v) is 9.67. The van der Waals surface area contributed by atoms with Crippen molar-refractivity contribution in [3.63, 3.8) is 0 Å². The summed E-state index contributed by atoms with van der Waals surface area (Å²) in [5.41, 5.74) is 0. The lowest BCUT2D eigenvalue weighted by Gasteiger charge is -2.17. The van der Waals surface area contributed by atoms with Gasteiger partial charge < -0.3 is 10.4 Å². The van der Waals surface area contributed by atoms with Crippen molar-refractivity contribution >= 4 is 9.84 Å². The predicted octanol–water partition coefficient (Wildman–Crippen LogP) is -0.0759. The van der Waals surface area contributed by atoms with Crippen molar-refractivity contribution < 1.29 is 13.5 Å². The maximum Gasteiger partial charge on any atom is 0.154 e. The van der Waals surface area contributed by atoms with E-state index in [-0.39, 0.29) is 17.5 Å². The maximum absolute atomic E-state index is 11.2. The highest BCUT2D eigenvalue weighted by Crippen LogP contribution is 2.24. The van der Waals surface area contributed by atoms with Gasteiger partial charge in [0.05, 0.1) is 17.6 Å². The van der Waals surface area contributed by atoms with E-state index in [1.807, 2.05) is 0 Å². The topological polar surface area (TPSA) is 66.4 Å². The molecule has 4 nitrogen and oxygen atoms in total. The summed E-state index contributed by atoms with van der Waals surface area (Å²) in [5, 5.41) is 12.8. The minimum Gasteiger partial charge on any atom is -0.390 e. The molecule has 88 valence electrons. The minimum atomic E-state index is -3.00. The lowest BCUT2D eigenvalue weighted by molar-refractivity contribution is 0.163. The third kappa shape index (κ3) is 2.92. The first-order valence-corrected chi connectivity index (χ1v) is 7.51. The molecule has 1 aliphatic heterocycles. The van der Waals surface area contributed by atoms with Crippen molar-refractivity contribution in [2.45, 2.75) is 37.8 Å². The van der Waals surface area contributed by atoms with Gasteiger partial charge in [-0.2, -0.15) is 0 Å². The number of hydrogen-bond donors (Lipinski definition) is 2. The van der Waals surface area contributed by atoms with E-state index in [1.54, 1.807) is 0 Å². The van der Waals surface area contributed by atoms with E-state index in [2.05, 4.69) is 5.32 Å². The molecule has 2 aliphatic rings. The number of rotatable bonds is 3. The van der Waals surface area contributed by atoms with Crippen LogP contribution in [0, 0.1) is 5.92 Å². The standard InChI is InChI=1S/C10H19NO3S/c12-10-7-15(13,14)6-9(10)11-5-8-3-1-2-4-8/h8-12H,1-7H2. The molecular formula is C10H19NO3S. The normalized spacial score (nSPS) is 36.1. The third-order valence-corrected chi connectivity index (χ3v) is 5.18. The van der Waals surface area contributed by atoms with E-state index in [1.165, 1.54) is 25.7 Å². The molecule has 2 rings (SSSR count). The highest BCUT2D eigenvalue weighted by molar-refractivity contribution is 7.91. The highest BCUT2D eigenvalue weighted by Gasteiger charge is 2.36. The summed E-state index contributed by atoms with van der Waals surface area (Å²) in [6, 6.07) is -0.240. The Morgan fingerprint density at radius 2 is 1.87 bits per heavy atom. The van der Waals surface area contributed by atoms with E-state index in [9.17, 15) is 13.5 Å². The van der Waals surface area contributed by atoms with E-state index < -0.39 is 15.9 Å². The van der Waals surface area contributed by atoms with Gasteiger partial charge in [-0.1, -0.05) is 12.8 Å². The molecule has 2 atom stereocenters. The second-order valence-corrected chi connectivity index (χ2v) is 6.96. The predicted molar refractivity (Wildman–Crippen MR) is 58.4 cm³/mol. The van der Waals surface area contributed by atoms with Gasteiger partial charge in [-0.3, -0.25) is 0 Å². The van der Waals surface area contributed by atoms with Gasteiger partial charge in [0.15, 0.2) is 9.84 Å². The second kappa shape index (κ2) is 4.39. The summed E-state index contributed by atoms with van der Waals surface area (Å²) >= 11 is 0. The zero-order valence-electron chi connectivity index (χ0n) is 8.85. The molecule has 0 aromatic carbocycles. The summed E-state index contributed by atoms with van der Waals surface area (Å²) in [5.74, 6) is 0.705. The van der Waals surface area contributed by atoms with Crippen LogP contribution in [0.15, 0.2) is 0 Å². The molecular weight excluding hydrogens is 214 g/mol. The summed E-state index contributed by atoms with van der Waals surface area (Å²) in [7, 11) is -3.00. The number of sulfone groups is 1. The Hall–Kier alpha value is -0.130. The molecule has 0 aromatic heterocycles. The Balaban J connectivity index is 1.79. The fraction of sp³-hybridized carbons (Fsp3) is 1.00. The third-order valence-electron chi connectivity index (χ3n) is 3.47. The van der Waals surface area contributed by atoms with E-state index >= 15 is 0 Å². The Labute approximate surface area is 91.0 Å². The molecule has 0 aromatic rings. The quantitative estimate of drug-likeness (QED) is 0.716. The second-order valence-electron chi connectivity index (χ2n) is 4.81. The van der Waals surface area contributed by atoms with Crippen molar-refractivity contribution in [1.29, 1.82) is 0 Å². The summed E-state index contributed by atoms with van der Waals surface area (Å²) < 4.78 is 22.5. The number of aliphatic hydroxyl groups is 1. The van der Waals surface area contributed by atoms with Gasteiger partial charge in [-0.25, -0.2) is 8.42 Å². The van der Waals surface area contributed by atoms with Gasteiger partial charge in [-0.15, -0.1) is 0 Å². The molecule has 0 radical (unpaired) electrons. The molecule has 5 heteroatoms. The zero-order chi connectivity index (χ0) is 10.9. The molecule has 0 spiro atoms. The summed E-state index contributed by atoms with van der Waals surface area (Å²) in [6.07, 6.45) is 4.34. The van der Waals surface area contributed by atoms with Gasteiger partial charge in [0.25, 0.3) is 0 Å². The van der Waals surface area contributed by atoms with Crippen LogP contribution in [-0.2, 0) is 9.84 Å². The molecule has 0 bridgehead atoms. The molecule has 2 N–H and O–H groups in total. The number of aliphatic hydroxyl groups excluding tert-OH is 1. The van der Waals surface area contributed by atoms with Crippen LogP contribution >= 0.6 is 0 Å². The molecule has 2 fully saturated rings. The molecule has 15 heavy (non-hydrogen) atoms. The van der Waals surface area contributed by atoms with Crippen molar-refractivity contribution in [3.05, 3.63) is 0 Å². The van der Waals surface area contributed by atoms with Crippen LogP contribution in [-0.4, -0.2) is 43.7 Å². The van der Waals surface area contributed by atoms with Crippen molar-refractivity contribution in [3.8, 4) is 0 Å². The molecule has 1 aliphatic carbocycles. The summed E-state index contributed by atoms with van der Waals surface area (Å²) in [4.78, 5) is 0. The molecule has 1 saturated heterocycles. The molecule has 2 unspecified atom stereocenters. The SMILES string of the molecule is O=S1(=O)CC(O)C(NCC2CCCC2)C1. The van der Waals surface area contributed by atoms with Crippen LogP contribution in [0.5, 0.6) is 0 Å². The monoisotopic (exact) mass is 233 g/mol. The lowest BCUT2D eigenvalue weighted by Crippen LogP contribution is -2.41. The Bertz CT molecular complexity index is 309. The lowest BCUT2D eigenvalue weighted by atomic mass is 10.1. The summed E-state index contributed by atoms with van der Waals surface area (Å²) in [6.45, 7) is 0.858. The highest BCUT2D eigenvalue weighted by atomic mass is 32.2. The number of nitrogens with one attached hydrogen (secondary N) is 1. The van der Waals surface area contributed by atoms with Gasteiger partial charge in [0.1, 0.15) is 0 Å². The fourth-order valence-corrected chi connectivity index (χ4v) is 4.33. The van der Waals surface area contributed by atoms with Crippen molar-refractivity contribution in [1.82, 2.24) is 5.32 Å². The average molecular weight is 233 g/mol. The van der Waals surface area contributed by atoms with Gasteiger partial charge in [0.2, 0.25) is 0 Å². The van der Waals surface area contributed by atoms with Gasteiger partial charge >= 0.3 is 0 Å². The van der Waals surface area contributed by atoms with Crippen LogP contribution in [0.25, 0.3) is 0 Å². The van der Waals surface area contributed by atoms with E-state index in [0.717, 1.165) is 6.54 Å². The van der Waals surface area contributed by atoms with E-state index in [0.29, 0.717) is 5.92 Å². The Morgan fingerprint density at radius 1 is 1.20 bits per heavy atom. The van der Waals surface area contributed by atoms with Crippen LogP contribution in [0.2, 0.25) is 0 Å². The van der Waals surface area contributed by atoms with Gasteiger partial charge in [0, 0.05) is 6.04 Å². The first-order valence-electron chi connectivity index (χ1n) is 5.69. The average Bonchev–Trinajstić information content (AvgIpc) is 2.70. The van der Waals surface area contributed by atoms with Crippen molar-refractivity contribution in [2.75, 3.05) is 18.1 Å². The van der Waals surface area contributed by atoms with Crippen LogP contribution in [0.1, 0.15) is 25.7 Å². The Morgan fingerprint density at radius 3 is 2.40 bits per heavy atom. The largest absolute Gasteiger partial charge is 0.390 e. The Kier molecular flexibility index (Phi) is 3.33. The first kappa shape index (κ1) is 11.4. The first-order chi connectivity index (χ1) is 7.07. The molecule has 0 amide bonds. The maximum atomic E-state index is 11.2. The van der Waals surface area contributed by atoms with Crippen LogP contribution < -0.4 is 5.32 Å². The minimum absolute atomic E-state index is 0.0741. The van der Waals surface area contributed by atoms with Crippen molar-refractivity contribution in [2.24, 2.45) is 5.92 Å². The van der Waals surface area contributed by atoms with E-state index in [4.69, 9.17) is 0 Å². The van der Waals surface area contributed by atoms with Crippen LogP contribution in [0.4, 0.5) is 0 Å². The number of hydrogen-bond acceptors (Lipinski definition) is 4. The van der Waals surface area contributed by atoms with Crippen LogP contribution in [0.3, 0.4) is 0 Å².